The molecule has 0 radical (unpaired) electrons. The maximum Gasteiger partial charge on any atom is 0.144 e. The van der Waals surface area contributed by atoms with E-state index in [0.717, 1.165) is 5.56 Å². The van der Waals surface area contributed by atoms with Crippen LogP contribution in [0.4, 0.5) is 4.39 Å². The minimum Gasteiger partial charge on any atom is -0.485 e. The zero-order chi connectivity index (χ0) is 13.0. The van der Waals surface area contributed by atoms with Gasteiger partial charge in [-0.05, 0) is 24.6 Å². The van der Waals surface area contributed by atoms with Crippen LogP contribution in [0.25, 0.3) is 0 Å². The highest BCUT2D eigenvalue weighted by atomic mass is 19.1. The van der Waals surface area contributed by atoms with Crippen molar-refractivity contribution in [1.29, 1.82) is 5.26 Å². The van der Waals surface area contributed by atoms with Gasteiger partial charge in [0.2, 0.25) is 0 Å². The lowest BCUT2D eigenvalue weighted by Gasteiger charge is -2.16. The van der Waals surface area contributed by atoms with Gasteiger partial charge in [-0.25, -0.2) is 4.39 Å². The summed E-state index contributed by atoms with van der Waals surface area (Å²) in [6.45, 7) is 1.86. The SMILES string of the molecule is CC(Oc1cccc(F)c1C#N)c1ccccc1. The predicted molar refractivity (Wildman–Crippen MR) is 66.6 cm³/mol. The minimum absolute atomic E-state index is 0.0553. The van der Waals surface area contributed by atoms with Crippen LogP contribution in [0.3, 0.4) is 0 Å². The number of rotatable bonds is 3. The van der Waals surface area contributed by atoms with Gasteiger partial charge in [0.1, 0.15) is 29.3 Å². The molecule has 0 aromatic heterocycles. The average Bonchev–Trinajstić information content (AvgIpc) is 2.40. The van der Waals surface area contributed by atoms with E-state index in [9.17, 15) is 4.39 Å². The summed E-state index contributed by atoms with van der Waals surface area (Å²) in [5, 5.41) is 8.91. The standard InChI is InChI=1S/C15H12FNO/c1-11(12-6-3-2-4-7-12)18-15-9-5-8-14(16)13(15)10-17/h2-9,11H,1H3. The lowest BCUT2D eigenvalue weighted by atomic mass is 10.1. The van der Waals surface area contributed by atoms with Crippen LogP contribution in [0.15, 0.2) is 48.5 Å². The molecule has 0 saturated carbocycles. The third-order valence-corrected chi connectivity index (χ3v) is 2.66. The summed E-state index contributed by atoms with van der Waals surface area (Å²) in [6, 6.07) is 15.8. The van der Waals surface area contributed by atoms with Crippen molar-refractivity contribution in [3.05, 3.63) is 65.5 Å². The zero-order valence-electron chi connectivity index (χ0n) is 9.93. The van der Waals surface area contributed by atoms with E-state index in [-0.39, 0.29) is 17.4 Å². The van der Waals surface area contributed by atoms with Crippen LogP contribution in [-0.4, -0.2) is 0 Å². The van der Waals surface area contributed by atoms with Crippen LogP contribution in [0, 0.1) is 17.1 Å². The number of ether oxygens (including phenoxy) is 1. The van der Waals surface area contributed by atoms with E-state index in [0.29, 0.717) is 0 Å². The monoisotopic (exact) mass is 241 g/mol. The number of benzene rings is 2. The number of hydrogen-bond donors (Lipinski definition) is 0. The normalized spacial score (nSPS) is 11.6. The van der Waals surface area contributed by atoms with Gasteiger partial charge in [0, 0.05) is 0 Å². The molecule has 2 aromatic rings. The molecule has 0 saturated heterocycles. The first-order valence-corrected chi connectivity index (χ1v) is 5.62. The van der Waals surface area contributed by atoms with Crippen LogP contribution in [0.1, 0.15) is 24.2 Å². The van der Waals surface area contributed by atoms with Gasteiger partial charge < -0.3 is 4.74 Å². The number of nitriles is 1. The van der Waals surface area contributed by atoms with E-state index in [2.05, 4.69) is 0 Å². The Labute approximate surface area is 105 Å². The van der Waals surface area contributed by atoms with Crippen LogP contribution in [-0.2, 0) is 0 Å². The van der Waals surface area contributed by atoms with Gasteiger partial charge in [0.25, 0.3) is 0 Å². The molecule has 0 aliphatic carbocycles. The summed E-state index contributed by atoms with van der Waals surface area (Å²) < 4.78 is 19.0. The smallest absolute Gasteiger partial charge is 0.144 e. The molecule has 0 heterocycles. The molecule has 0 fully saturated rings. The second kappa shape index (κ2) is 5.33. The summed E-state index contributed by atoms with van der Waals surface area (Å²) in [4.78, 5) is 0. The topological polar surface area (TPSA) is 33.0 Å². The summed E-state index contributed by atoms with van der Waals surface area (Å²) in [7, 11) is 0. The first kappa shape index (κ1) is 12.1. The molecule has 0 aliphatic heterocycles. The Morgan fingerprint density at radius 1 is 1.11 bits per heavy atom. The lowest BCUT2D eigenvalue weighted by Crippen LogP contribution is -2.04. The molecule has 0 aliphatic rings. The molecular weight excluding hydrogens is 229 g/mol. The van der Waals surface area contributed by atoms with Gasteiger partial charge in [-0.15, -0.1) is 0 Å². The lowest BCUT2D eigenvalue weighted by molar-refractivity contribution is 0.225. The molecule has 2 aromatic carbocycles. The van der Waals surface area contributed by atoms with Gasteiger partial charge in [0.05, 0.1) is 0 Å². The van der Waals surface area contributed by atoms with E-state index in [1.165, 1.54) is 12.1 Å². The van der Waals surface area contributed by atoms with Crippen molar-refractivity contribution in [1.82, 2.24) is 0 Å². The third-order valence-electron chi connectivity index (χ3n) is 2.66. The Morgan fingerprint density at radius 3 is 2.50 bits per heavy atom. The molecule has 90 valence electrons. The largest absolute Gasteiger partial charge is 0.485 e. The minimum atomic E-state index is -0.560. The van der Waals surface area contributed by atoms with Crippen molar-refractivity contribution < 1.29 is 9.13 Å². The van der Waals surface area contributed by atoms with Crippen LogP contribution < -0.4 is 4.74 Å². The van der Waals surface area contributed by atoms with E-state index in [1.807, 2.05) is 43.3 Å². The quantitative estimate of drug-likeness (QED) is 0.818. The highest BCUT2D eigenvalue weighted by Gasteiger charge is 2.13. The van der Waals surface area contributed by atoms with Crippen molar-refractivity contribution in [3.8, 4) is 11.8 Å². The highest BCUT2D eigenvalue weighted by molar-refractivity contribution is 5.44. The molecular formula is C15H12FNO. The molecule has 3 heteroatoms. The van der Waals surface area contributed by atoms with Gasteiger partial charge in [-0.3, -0.25) is 0 Å². The van der Waals surface area contributed by atoms with Crippen LogP contribution in [0.5, 0.6) is 5.75 Å². The Bertz CT molecular complexity index is 575. The maximum atomic E-state index is 13.4. The molecule has 0 amide bonds. The molecule has 0 N–H and O–H groups in total. The number of nitrogens with zero attached hydrogens (tertiary/aromatic N) is 1. The van der Waals surface area contributed by atoms with E-state index < -0.39 is 5.82 Å². The van der Waals surface area contributed by atoms with E-state index in [1.54, 1.807) is 6.07 Å². The zero-order valence-corrected chi connectivity index (χ0v) is 9.93. The molecule has 2 rings (SSSR count). The fraction of sp³-hybridized carbons (Fsp3) is 0.133. The van der Waals surface area contributed by atoms with Gasteiger partial charge >= 0.3 is 0 Å². The predicted octanol–water partition coefficient (Wildman–Crippen LogP) is 3.84. The Morgan fingerprint density at radius 2 is 1.83 bits per heavy atom. The molecule has 1 unspecified atom stereocenters. The van der Waals surface area contributed by atoms with Gasteiger partial charge in [-0.2, -0.15) is 5.26 Å². The molecule has 2 nitrogen and oxygen atoms in total. The fourth-order valence-corrected chi connectivity index (χ4v) is 1.69. The highest BCUT2D eigenvalue weighted by Crippen LogP contribution is 2.26. The first-order valence-electron chi connectivity index (χ1n) is 5.62. The van der Waals surface area contributed by atoms with Crippen molar-refractivity contribution >= 4 is 0 Å². The van der Waals surface area contributed by atoms with E-state index >= 15 is 0 Å². The Hall–Kier alpha value is -2.34. The fourth-order valence-electron chi connectivity index (χ4n) is 1.69. The summed E-state index contributed by atoms with van der Waals surface area (Å²) >= 11 is 0. The Kier molecular flexibility index (Phi) is 3.59. The molecule has 0 bridgehead atoms. The van der Waals surface area contributed by atoms with Crippen molar-refractivity contribution in [2.75, 3.05) is 0 Å². The number of hydrogen-bond acceptors (Lipinski definition) is 2. The van der Waals surface area contributed by atoms with Crippen molar-refractivity contribution in [3.63, 3.8) is 0 Å². The second-order valence-corrected chi connectivity index (χ2v) is 3.90. The number of halogens is 1. The summed E-state index contributed by atoms with van der Waals surface area (Å²) in [6.07, 6.45) is -0.236. The first-order chi connectivity index (χ1) is 8.72. The summed E-state index contributed by atoms with van der Waals surface area (Å²) in [5.41, 5.74) is 0.922. The van der Waals surface area contributed by atoms with Crippen LogP contribution >= 0.6 is 0 Å². The van der Waals surface area contributed by atoms with Gasteiger partial charge in [0.15, 0.2) is 0 Å². The van der Waals surface area contributed by atoms with Crippen molar-refractivity contribution in [2.24, 2.45) is 0 Å². The second-order valence-electron chi connectivity index (χ2n) is 3.90. The molecule has 18 heavy (non-hydrogen) atoms. The Balaban J connectivity index is 2.25. The molecule has 0 spiro atoms. The van der Waals surface area contributed by atoms with Crippen molar-refractivity contribution in [2.45, 2.75) is 13.0 Å². The third kappa shape index (κ3) is 2.49. The van der Waals surface area contributed by atoms with Gasteiger partial charge in [-0.1, -0.05) is 36.4 Å². The summed E-state index contributed by atoms with van der Waals surface area (Å²) in [5.74, 6) is -0.288. The average molecular weight is 241 g/mol. The maximum absolute atomic E-state index is 13.4. The van der Waals surface area contributed by atoms with E-state index in [4.69, 9.17) is 10.00 Å². The molecule has 1 atom stereocenters. The van der Waals surface area contributed by atoms with Crippen LogP contribution in [0.2, 0.25) is 0 Å².